The molecule has 1 aliphatic carbocycles. The van der Waals surface area contributed by atoms with E-state index in [9.17, 15) is 9.59 Å². The lowest BCUT2D eigenvalue weighted by atomic mass is 9.91. The quantitative estimate of drug-likeness (QED) is 0.587. The molecule has 0 unspecified atom stereocenters. The second-order valence-corrected chi connectivity index (χ2v) is 10.5. The van der Waals surface area contributed by atoms with Crippen LogP contribution in [0.25, 0.3) is 10.6 Å². The molecule has 0 spiro atoms. The van der Waals surface area contributed by atoms with Gasteiger partial charge in [0.05, 0.1) is 11.4 Å². The van der Waals surface area contributed by atoms with Gasteiger partial charge in [-0.3, -0.25) is 19.2 Å². The van der Waals surface area contributed by atoms with Gasteiger partial charge in [0.1, 0.15) is 16.9 Å². The lowest BCUT2D eigenvalue weighted by Gasteiger charge is -2.44. The van der Waals surface area contributed by atoms with Crippen LogP contribution in [0.1, 0.15) is 60.6 Å². The van der Waals surface area contributed by atoms with Crippen LogP contribution in [-0.4, -0.2) is 33.2 Å². The molecular formula is C26H30N4O2S. The highest BCUT2D eigenvalue weighted by Gasteiger charge is 2.49. The third-order valence-electron chi connectivity index (χ3n) is 7.11. The van der Waals surface area contributed by atoms with Gasteiger partial charge in [-0.1, -0.05) is 31.4 Å². The first kappa shape index (κ1) is 21.9. The predicted molar refractivity (Wildman–Crippen MR) is 132 cm³/mol. The zero-order chi connectivity index (χ0) is 23.2. The van der Waals surface area contributed by atoms with Crippen molar-refractivity contribution in [2.24, 2.45) is 0 Å². The molecule has 0 radical (unpaired) electrons. The van der Waals surface area contributed by atoms with E-state index in [0.717, 1.165) is 53.1 Å². The number of nitrogens with one attached hydrogen (secondary N) is 1. The molecule has 33 heavy (non-hydrogen) atoms. The number of carbonyl (C=O) groups is 2. The molecule has 2 amide bonds. The zero-order valence-corrected chi connectivity index (χ0v) is 20.2. The molecule has 1 N–H and O–H groups in total. The molecule has 1 aliphatic heterocycles. The number of benzene rings is 1. The van der Waals surface area contributed by atoms with Crippen LogP contribution in [0.15, 0.2) is 41.8 Å². The van der Waals surface area contributed by atoms with E-state index < -0.39 is 5.54 Å². The molecule has 0 saturated heterocycles. The van der Waals surface area contributed by atoms with Crippen molar-refractivity contribution in [2.75, 3.05) is 4.90 Å². The molecular weight excluding hydrogens is 432 g/mol. The van der Waals surface area contributed by atoms with Gasteiger partial charge in [-0.15, -0.1) is 11.3 Å². The van der Waals surface area contributed by atoms with Crippen LogP contribution in [0.5, 0.6) is 0 Å². The van der Waals surface area contributed by atoms with Crippen LogP contribution in [0.2, 0.25) is 0 Å². The van der Waals surface area contributed by atoms with Crippen molar-refractivity contribution >= 4 is 28.8 Å². The predicted octanol–water partition coefficient (Wildman–Crippen LogP) is 5.10. The number of anilines is 1. The first-order chi connectivity index (χ1) is 15.9. The Morgan fingerprint density at radius 3 is 2.61 bits per heavy atom. The summed E-state index contributed by atoms with van der Waals surface area (Å²) in [7, 11) is 0. The Morgan fingerprint density at radius 2 is 1.91 bits per heavy atom. The van der Waals surface area contributed by atoms with Crippen molar-refractivity contribution in [3.63, 3.8) is 0 Å². The molecule has 2 aromatic heterocycles. The summed E-state index contributed by atoms with van der Waals surface area (Å²) in [4.78, 5) is 30.4. The van der Waals surface area contributed by atoms with Crippen LogP contribution < -0.4 is 10.2 Å². The highest BCUT2D eigenvalue weighted by molar-refractivity contribution is 7.13. The van der Waals surface area contributed by atoms with Gasteiger partial charge < -0.3 is 5.32 Å². The van der Waals surface area contributed by atoms with Crippen LogP contribution in [-0.2, 0) is 11.3 Å². The van der Waals surface area contributed by atoms with Crippen LogP contribution in [0.3, 0.4) is 0 Å². The summed E-state index contributed by atoms with van der Waals surface area (Å²) in [5, 5.41) is 9.99. The van der Waals surface area contributed by atoms with Gasteiger partial charge >= 0.3 is 0 Å². The van der Waals surface area contributed by atoms with Gasteiger partial charge in [0.25, 0.3) is 5.91 Å². The number of thiophene rings is 1. The smallest absolute Gasteiger partial charge is 0.277 e. The summed E-state index contributed by atoms with van der Waals surface area (Å²) in [6, 6.07) is 12.0. The normalized spacial score (nSPS) is 21.2. The number of carbonyl (C=O) groups excluding carboxylic acids is 2. The highest BCUT2D eigenvalue weighted by atomic mass is 32.1. The molecule has 1 fully saturated rings. The molecule has 7 heteroatoms. The number of nitrogens with zero attached hydrogens (tertiary/aromatic N) is 3. The van der Waals surface area contributed by atoms with Gasteiger partial charge in [0.2, 0.25) is 5.91 Å². The summed E-state index contributed by atoms with van der Waals surface area (Å²) in [5.41, 5.74) is 3.19. The average Bonchev–Trinajstić information content (AvgIpc) is 3.47. The molecule has 5 rings (SSSR count). The molecule has 0 bridgehead atoms. The standard InChI is InChI=1S/C26H30N4O2S/c1-17-11-12-20(14-18(17)2)30-24(31)22-15-21(23-10-7-13-33-23)28-29(22)16-26(30,3)25(32)27-19-8-5-4-6-9-19/h7,10-15,19H,4-6,8-9,16H2,1-3H3,(H,27,32)/t26-/m1/s1. The molecule has 172 valence electrons. The summed E-state index contributed by atoms with van der Waals surface area (Å²) >= 11 is 1.59. The Hall–Kier alpha value is -2.93. The van der Waals surface area contributed by atoms with Crippen molar-refractivity contribution < 1.29 is 9.59 Å². The molecule has 2 aliphatic rings. The SMILES string of the molecule is Cc1ccc(N2C(=O)c3cc(-c4cccs4)nn3C[C@]2(C)C(=O)NC2CCCCC2)cc1C. The summed E-state index contributed by atoms with van der Waals surface area (Å²) in [5.74, 6) is -0.305. The number of hydrogen-bond acceptors (Lipinski definition) is 4. The topological polar surface area (TPSA) is 67.2 Å². The molecule has 1 atom stereocenters. The van der Waals surface area contributed by atoms with Crippen LogP contribution in [0.4, 0.5) is 5.69 Å². The number of aryl methyl sites for hydroxylation is 2. The second-order valence-electron chi connectivity index (χ2n) is 9.54. The minimum Gasteiger partial charge on any atom is -0.351 e. The van der Waals surface area contributed by atoms with Crippen molar-refractivity contribution in [2.45, 2.75) is 71.0 Å². The summed E-state index contributed by atoms with van der Waals surface area (Å²) in [6.07, 6.45) is 5.48. The van der Waals surface area contributed by atoms with Crippen molar-refractivity contribution in [1.82, 2.24) is 15.1 Å². The fraction of sp³-hybridized carbons (Fsp3) is 0.423. The number of amides is 2. The molecule has 3 heterocycles. The van der Waals surface area contributed by atoms with Crippen LogP contribution in [0, 0.1) is 13.8 Å². The fourth-order valence-corrected chi connectivity index (χ4v) is 5.66. The maximum Gasteiger partial charge on any atom is 0.277 e. The van der Waals surface area contributed by atoms with Gasteiger partial charge in [-0.05, 0) is 74.4 Å². The lowest BCUT2D eigenvalue weighted by Crippen LogP contribution is -2.65. The third kappa shape index (κ3) is 3.88. The van der Waals surface area contributed by atoms with E-state index in [4.69, 9.17) is 5.10 Å². The van der Waals surface area contributed by atoms with E-state index in [1.54, 1.807) is 20.9 Å². The molecule has 3 aromatic rings. The third-order valence-corrected chi connectivity index (χ3v) is 8.00. The highest BCUT2D eigenvalue weighted by Crippen LogP contribution is 2.36. The van der Waals surface area contributed by atoms with E-state index in [1.165, 1.54) is 6.42 Å². The monoisotopic (exact) mass is 462 g/mol. The molecule has 1 aromatic carbocycles. The Bertz CT molecular complexity index is 1190. The maximum atomic E-state index is 13.9. The van der Waals surface area contributed by atoms with Crippen LogP contribution >= 0.6 is 11.3 Å². The van der Waals surface area contributed by atoms with Crippen molar-refractivity contribution in [1.29, 1.82) is 0 Å². The fourth-order valence-electron chi connectivity index (χ4n) is 4.98. The Morgan fingerprint density at radius 1 is 1.12 bits per heavy atom. The van der Waals surface area contributed by atoms with Gasteiger partial charge in [0.15, 0.2) is 0 Å². The summed E-state index contributed by atoms with van der Waals surface area (Å²) in [6.45, 7) is 6.26. The Balaban J connectivity index is 1.57. The van der Waals surface area contributed by atoms with E-state index in [2.05, 4.69) is 12.2 Å². The minimum atomic E-state index is -1.08. The first-order valence-electron chi connectivity index (χ1n) is 11.7. The van der Waals surface area contributed by atoms with Gasteiger partial charge in [0, 0.05) is 11.7 Å². The second kappa shape index (κ2) is 8.45. The average molecular weight is 463 g/mol. The van der Waals surface area contributed by atoms with Crippen molar-refractivity contribution in [3.05, 3.63) is 58.6 Å². The molecule has 6 nitrogen and oxygen atoms in total. The van der Waals surface area contributed by atoms with E-state index in [1.807, 2.05) is 55.6 Å². The van der Waals surface area contributed by atoms with E-state index >= 15 is 0 Å². The lowest BCUT2D eigenvalue weighted by molar-refractivity contribution is -0.127. The minimum absolute atomic E-state index is 0.111. The van der Waals surface area contributed by atoms with Gasteiger partial charge in [-0.25, -0.2) is 0 Å². The Labute approximate surface area is 198 Å². The number of fused-ring (bicyclic) bond motifs is 1. The summed E-state index contributed by atoms with van der Waals surface area (Å²) < 4.78 is 1.72. The maximum absolute atomic E-state index is 13.9. The zero-order valence-electron chi connectivity index (χ0n) is 19.4. The first-order valence-corrected chi connectivity index (χ1v) is 12.6. The number of rotatable bonds is 4. The Kier molecular flexibility index (Phi) is 5.60. The number of aromatic nitrogens is 2. The van der Waals surface area contributed by atoms with Gasteiger partial charge in [-0.2, -0.15) is 5.10 Å². The van der Waals surface area contributed by atoms with E-state index in [-0.39, 0.29) is 17.9 Å². The largest absolute Gasteiger partial charge is 0.351 e. The number of hydrogen-bond donors (Lipinski definition) is 1. The van der Waals surface area contributed by atoms with Crippen molar-refractivity contribution in [3.8, 4) is 10.6 Å². The molecule has 1 saturated carbocycles. The van der Waals surface area contributed by atoms with E-state index in [0.29, 0.717) is 12.2 Å².